The standard InChI is InChI=1S/C16H30N2O/c1-3-5-14-6-4-8-18(9-7-14)16(19)15-10-13(2)11-17-12-15/h13-15,17H,3-12H2,1-2H3. The van der Waals surface area contributed by atoms with Crippen LogP contribution in [0, 0.1) is 17.8 Å². The van der Waals surface area contributed by atoms with Crippen LogP contribution < -0.4 is 5.32 Å². The van der Waals surface area contributed by atoms with Crippen LogP contribution in [-0.2, 0) is 4.79 Å². The van der Waals surface area contributed by atoms with Gasteiger partial charge in [-0.1, -0.05) is 26.7 Å². The van der Waals surface area contributed by atoms with E-state index in [1.165, 1.54) is 32.1 Å². The molecule has 2 saturated heterocycles. The SMILES string of the molecule is CCCC1CCCN(C(=O)C2CNCC(C)C2)CC1. The molecule has 3 nitrogen and oxygen atoms in total. The van der Waals surface area contributed by atoms with Gasteiger partial charge in [-0.15, -0.1) is 0 Å². The van der Waals surface area contributed by atoms with Crippen molar-refractivity contribution in [2.75, 3.05) is 26.2 Å². The van der Waals surface area contributed by atoms with Gasteiger partial charge < -0.3 is 10.2 Å². The van der Waals surface area contributed by atoms with Crippen LogP contribution in [0.4, 0.5) is 0 Å². The monoisotopic (exact) mass is 266 g/mol. The largest absolute Gasteiger partial charge is 0.342 e. The Morgan fingerprint density at radius 2 is 2.11 bits per heavy atom. The van der Waals surface area contributed by atoms with Gasteiger partial charge in [0.15, 0.2) is 0 Å². The van der Waals surface area contributed by atoms with Gasteiger partial charge in [-0.2, -0.15) is 0 Å². The fraction of sp³-hybridized carbons (Fsp3) is 0.938. The van der Waals surface area contributed by atoms with Crippen molar-refractivity contribution in [3.63, 3.8) is 0 Å². The van der Waals surface area contributed by atoms with E-state index < -0.39 is 0 Å². The van der Waals surface area contributed by atoms with E-state index in [-0.39, 0.29) is 5.92 Å². The van der Waals surface area contributed by atoms with E-state index >= 15 is 0 Å². The third kappa shape index (κ3) is 4.20. The lowest BCUT2D eigenvalue weighted by Gasteiger charge is -2.31. The highest BCUT2D eigenvalue weighted by molar-refractivity contribution is 5.79. The van der Waals surface area contributed by atoms with Crippen molar-refractivity contribution in [3.8, 4) is 0 Å². The molecule has 0 aromatic rings. The maximum atomic E-state index is 12.6. The van der Waals surface area contributed by atoms with Crippen molar-refractivity contribution in [2.45, 2.75) is 52.4 Å². The van der Waals surface area contributed by atoms with Gasteiger partial charge >= 0.3 is 0 Å². The molecule has 1 amide bonds. The number of carbonyl (C=O) groups is 1. The third-order valence-corrected chi connectivity index (χ3v) is 4.78. The van der Waals surface area contributed by atoms with Gasteiger partial charge in [-0.25, -0.2) is 0 Å². The molecule has 19 heavy (non-hydrogen) atoms. The van der Waals surface area contributed by atoms with Gasteiger partial charge in [-0.05, 0) is 44.1 Å². The molecule has 3 unspecified atom stereocenters. The van der Waals surface area contributed by atoms with E-state index in [0.717, 1.165) is 38.5 Å². The fourth-order valence-electron chi connectivity index (χ4n) is 3.69. The molecule has 0 radical (unpaired) electrons. The van der Waals surface area contributed by atoms with E-state index in [4.69, 9.17) is 0 Å². The van der Waals surface area contributed by atoms with Gasteiger partial charge in [-0.3, -0.25) is 4.79 Å². The quantitative estimate of drug-likeness (QED) is 0.852. The topological polar surface area (TPSA) is 32.3 Å². The molecule has 0 spiro atoms. The summed E-state index contributed by atoms with van der Waals surface area (Å²) < 4.78 is 0. The van der Waals surface area contributed by atoms with Gasteiger partial charge in [0.05, 0.1) is 5.92 Å². The highest BCUT2D eigenvalue weighted by atomic mass is 16.2. The third-order valence-electron chi connectivity index (χ3n) is 4.78. The second kappa shape index (κ2) is 7.28. The minimum Gasteiger partial charge on any atom is -0.342 e. The van der Waals surface area contributed by atoms with Gasteiger partial charge in [0, 0.05) is 19.6 Å². The van der Waals surface area contributed by atoms with Crippen LogP contribution in [0.15, 0.2) is 0 Å². The summed E-state index contributed by atoms with van der Waals surface area (Å²) in [5.41, 5.74) is 0. The van der Waals surface area contributed by atoms with E-state index in [0.29, 0.717) is 11.8 Å². The predicted octanol–water partition coefficient (Wildman–Crippen LogP) is 2.66. The van der Waals surface area contributed by atoms with Crippen molar-refractivity contribution in [1.82, 2.24) is 10.2 Å². The Kier molecular flexibility index (Phi) is 5.68. The lowest BCUT2D eigenvalue weighted by Crippen LogP contribution is -2.45. The second-order valence-electron chi connectivity index (χ2n) is 6.61. The van der Waals surface area contributed by atoms with Crippen molar-refractivity contribution in [1.29, 1.82) is 0 Å². The number of likely N-dealkylation sites (tertiary alicyclic amines) is 1. The highest BCUT2D eigenvalue weighted by Gasteiger charge is 2.29. The molecule has 3 atom stereocenters. The Balaban J connectivity index is 1.85. The van der Waals surface area contributed by atoms with Crippen molar-refractivity contribution in [3.05, 3.63) is 0 Å². The summed E-state index contributed by atoms with van der Waals surface area (Å²) in [6.07, 6.45) is 7.42. The van der Waals surface area contributed by atoms with Crippen LogP contribution in [0.3, 0.4) is 0 Å². The first-order valence-corrected chi connectivity index (χ1v) is 8.20. The maximum Gasteiger partial charge on any atom is 0.226 e. The first-order chi connectivity index (χ1) is 9.20. The van der Waals surface area contributed by atoms with Gasteiger partial charge in [0.25, 0.3) is 0 Å². The summed E-state index contributed by atoms with van der Waals surface area (Å²) in [7, 11) is 0. The smallest absolute Gasteiger partial charge is 0.226 e. The number of amides is 1. The molecule has 2 rings (SSSR count). The van der Waals surface area contributed by atoms with Gasteiger partial charge in [0.2, 0.25) is 5.91 Å². The van der Waals surface area contributed by atoms with Crippen LogP contribution >= 0.6 is 0 Å². The van der Waals surface area contributed by atoms with Gasteiger partial charge in [0.1, 0.15) is 0 Å². The highest BCUT2D eigenvalue weighted by Crippen LogP contribution is 2.24. The maximum absolute atomic E-state index is 12.6. The molecule has 3 heteroatoms. The number of carbonyl (C=O) groups excluding carboxylic acids is 1. The molecule has 0 saturated carbocycles. The van der Waals surface area contributed by atoms with Crippen LogP contribution in [0.2, 0.25) is 0 Å². The van der Waals surface area contributed by atoms with Crippen molar-refractivity contribution >= 4 is 5.91 Å². The van der Waals surface area contributed by atoms with Crippen molar-refractivity contribution < 1.29 is 4.79 Å². The number of nitrogens with zero attached hydrogens (tertiary/aromatic N) is 1. The molecular formula is C16H30N2O. The van der Waals surface area contributed by atoms with E-state index in [9.17, 15) is 4.79 Å². The number of nitrogens with one attached hydrogen (secondary N) is 1. The van der Waals surface area contributed by atoms with Crippen LogP contribution in [-0.4, -0.2) is 37.0 Å². The average molecular weight is 266 g/mol. The molecular weight excluding hydrogens is 236 g/mol. The Bertz CT molecular complexity index is 292. The molecule has 0 aromatic carbocycles. The summed E-state index contributed by atoms with van der Waals surface area (Å²) in [6, 6.07) is 0. The molecule has 0 aliphatic carbocycles. The molecule has 2 heterocycles. The van der Waals surface area contributed by atoms with Crippen LogP contribution in [0.5, 0.6) is 0 Å². The zero-order chi connectivity index (χ0) is 13.7. The summed E-state index contributed by atoms with van der Waals surface area (Å²) in [5, 5.41) is 3.40. The van der Waals surface area contributed by atoms with E-state index in [2.05, 4.69) is 24.1 Å². The molecule has 2 aliphatic rings. The summed E-state index contributed by atoms with van der Waals surface area (Å²) in [4.78, 5) is 14.8. The minimum absolute atomic E-state index is 0.228. The number of hydrogen-bond acceptors (Lipinski definition) is 2. The number of hydrogen-bond donors (Lipinski definition) is 1. The zero-order valence-electron chi connectivity index (χ0n) is 12.7. The molecule has 1 N–H and O–H groups in total. The first kappa shape index (κ1) is 14.8. The first-order valence-electron chi connectivity index (χ1n) is 8.20. The Labute approximate surface area is 118 Å². The number of rotatable bonds is 3. The summed E-state index contributed by atoms with van der Waals surface area (Å²) >= 11 is 0. The van der Waals surface area contributed by atoms with E-state index in [1.54, 1.807) is 0 Å². The minimum atomic E-state index is 0.228. The zero-order valence-corrected chi connectivity index (χ0v) is 12.7. The van der Waals surface area contributed by atoms with Crippen LogP contribution in [0.25, 0.3) is 0 Å². The van der Waals surface area contributed by atoms with E-state index in [1.807, 2.05) is 0 Å². The lowest BCUT2D eigenvalue weighted by molar-refractivity contribution is -0.136. The Hall–Kier alpha value is -0.570. The average Bonchev–Trinajstić information content (AvgIpc) is 2.64. The molecule has 2 fully saturated rings. The summed E-state index contributed by atoms with van der Waals surface area (Å²) in [6.45, 7) is 8.45. The molecule has 2 aliphatic heterocycles. The normalized spacial score (nSPS) is 32.9. The fourth-order valence-corrected chi connectivity index (χ4v) is 3.69. The predicted molar refractivity (Wildman–Crippen MR) is 79.0 cm³/mol. The molecule has 0 aromatic heterocycles. The Morgan fingerprint density at radius 1 is 1.26 bits per heavy atom. The summed E-state index contributed by atoms with van der Waals surface area (Å²) in [5.74, 6) is 2.14. The van der Waals surface area contributed by atoms with Crippen LogP contribution in [0.1, 0.15) is 52.4 Å². The molecule has 0 bridgehead atoms. The second-order valence-corrected chi connectivity index (χ2v) is 6.61. The Morgan fingerprint density at radius 3 is 2.84 bits per heavy atom. The lowest BCUT2D eigenvalue weighted by atomic mass is 9.90. The molecule has 110 valence electrons. The van der Waals surface area contributed by atoms with Crippen molar-refractivity contribution in [2.24, 2.45) is 17.8 Å². The number of piperidine rings is 1.